The average molecular weight is 414 g/mol. The van der Waals surface area contributed by atoms with Gasteiger partial charge in [-0.3, -0.25) is 9.55 Å². The maximum Gasteiger partial charge on any atom is 0.346 e. The number of hydrogen-bond donors (Lipinski definition) is 2. The van der Waals surface area contributed by atoms with Crippen LogP contribution in [0.1, 0.15) is 18.9 Å². The zero-order valence-corrected chi connectivity index (χ0v) is 16.9. The average Bonchev–Trinajstić information content (AvgIpc) is 3.58. The van der Waals surface area contributed by atoms with Gasteiger partial charge in [0.25, 0.3) is 0 Å². The van der Waals surface area contributed by atoms with Crippen molar-refractivity contribution in [2.24, 2.45) is 0 Å². The summed E-state index contributed by atoms with van der Waals surface area (Å²) in [6.45, 7) is 0.569. The van der Waals surface area contributed by atoms with Crippen LogP contribution in [0.3, 0.4) is 0 Å². The van der Waals surface area contributed by atoms with Gasteiger partial charge in [-0.15, -0.1) is 5.10 Å². The Morgan fingerprint density at radius 1 is 1.06 bits per heavy atom. The van der Waals surface area contributed by atoms with Crippen LogP contribution >= 0.6 is 0 Å². The largest absolute Gasteiger partial charge is 0.346 e. The lowest BCUT2D eigenvalue weighted by Crippen LogP contribution is -2.34. The first-order valence-electron chi connectivity index (χ1n) is 10.3. The Kier molecular flexibility index (Phi) is 4.95. The fourth-order valence-corrected chi connectivity index (χ4v) is 3.70. The molecule has 0 radical (unpaired) electrons. The van der Waals surface area contributed by atoms with Crippen molar-refractivity contribution < 1.29 is 4.79 Å². The van der Waals surface area contributed by atoms with Gasteiger partial charge in [-0.1, -0.05) is 36.4 Å². The van der Waals surface area contributed by atoms with Crippen LogP contribution in [0.15, 0.2) is 71.8 Å². The summed E-state index contributed by atoms with van der Waals surface area (Å²) < 4.78 is 3.16. The molecule has 2 heterocycles. The minimum atomic E-state index is -0.321. The standard InChI is InChI=1S/C23H22N6O2/c30-22(26-20-9-3-6-16-5-1-2-8-19(16)20)25-13-14-28-23(31)29(18-10-11-18)21(27-28)17-7-4-12-24-15-17/h1-9,12,15,18H,10-11,13-14H2,(H2,25,26,30). The fourth-order valence-electron chi connectivity index (χ4n) is 3.70. The lowest BCUT2D eigenvalue weighted by atomic mass is 10.1. The van der Waals surface area contributed by atoms with E-state index >= 15 is 0 Å². The molecule has 0 atom stereocenters. The maximum atomic E-state index is 12.9. The topological polar surface area (TPSA) is 93.8 Å². The molecule has 2 aromatic heterocycles. The van der Waals surface area contributed by atoms with Gasteiger partial charge >= 0.3 is 11.7 Å². The number of pyridine rings is 1. The van der Waals surface area contributed by atoms with Gasteiger partial charge in [-0.05, 0) is 36.4 Å². The number of carbonyl (C=O) groups excluding carboxylic acids is 1. The molecule has 156 valence electrons. The monoisotopic (exact) mass is 414 g/mol. The van der Waals surface area contributed by atoms with Crippen LogP contribution in [0.2, 0.25) is 0 Å². The Balaban J connectivity index is 1.27. The van der Waals surface area contributed by atoms with Gasteiger partial charge in [-0.25, -0.2) is 14.3 Å². The first-order valence-corrected chi connectivity index (χ1v) is 10.3. The van der Waals surface area contributed by atoms with Crippen LogP contribution in [0.5, 0.6) is 0 Å². The molecule has 1 aliphatic carbocycles. The number of aromatic nitrogens is 4. The zero-order chi connectivity index (χ0) is 21.2. The van der Waals surface area contributed by atoms with Crippen molar-refractivity contribution in [3.8, 4) is 11.4 Å². The second-order valence-corrected chi connectivity index (χ2v) is 7.58. The van der Waals surface area contributed by atoms with Crippen LogP contribution in [-0.4, -0.2) is 31.9 Å². The van der Waals surface area contributed by atoms with Crippen LogP contribution in [0, 0.1) is 0 Å². The molecule has 4 aromatic rings. The molecule has 0 spiro atoms. The lowest BCUT2D eigenvalue weighted by Gasteiger charge is -2.10. The quantitative estimate of drug-likeness (QED) is 0.506. The van der Waals surface area contributed by atoms with Crippen molar-refractivity contribution in [3.05, 3.63) is 77.5 Å². The minimum Gasteiger partial charge on any atom is -0.336 e. The van der Waals surface area contributed by atoms with E-state index in [1.807, 2.05) is 54.6 Å². The third-order valence-electron chi connectivity index (χ3n) is 5.35. The summed E-state index contributed by atoms with van der Waals surface area (Å²) in [5.41, 5.74) is 1.40. The van der Waals surface area contributed by atoms with Crippen LogP contribution in [-0.2, 0) is 6.54 Å². The summed E-state index contributed by atoms with van der Waals surface area (Å²) in [7, 11) is 0. The van der Waals surface area contributed by atoms with Gasteiger partial charge in [-0.2, -0.15) is 0 Å². The van der Waals surface area contributed by atoms with E-state index < -0.39 is 0 Å². The van der Waals surface area contributed by atoms with Gasteiger partial charge in [0.2, 0.25) is 0 Å². The van der Waals surface area contributed by atoms with E-state index in [1.165, 1.54) is 4.68 Å². The van der Waals surface area contributed by atoms with E-state index in [-0.39, 0.29) is 30.9 Å². The Hall–Kier alpha value is -3.94. The van der Waals surface area contributed by atoms with Gasteiger partial charge in [0.05, 0.1) is 12.2 Å². The Bertz CT molecular complexity index is 1290. The number of carbonyl (C=O) groups is 1. The summed E-state index contributed by atoms with van der Waals surface area (Å²) >= 11 is 0. The smallest absolute Gasteiger partial charge is 0.336 e. The molecular weight excluding hydrogens is 392 g/mol. The Morgan fingerprint density at radius 3 is 2.71 bits per heavy atom. The third kappa shape index (κ3) is 3.92. The van der Waals surface area contributed by atoms with Crippen molar-refractivity contribution in [1.29, 1.82) is 0 Å². The number of rotatable bonds is 6. The molecule has 2 aromatic carbocycles. The molecule has 0 unspecified atom stereocenters. The van der Waals surface area contributed by atoms with Crippen LogP contribution in [0.4, 0.5) is 10.5 Å². The SMILES string of the molecule is O=C(NCCn1nc(-c2cccnc2)n(C2CC2)c1=O)Nc1cccc2ccccc12. The molecule has 0 aliphatic heterocycles. The van der Waals surface area contributed by atoms with E-state index in [1.54, 1.807) is 17.0 Å². The molecule has 2 amide bonds. The highest BCUT2D eigenvalue weighted by atomic mass is 16.2. The molecular formula is C23H22N6O2. The number of benzene rings is 2. The number of nitrogens with one attached hydrogen (secondary N) is 2. The van der Waals surface area contributed by atoms with E-state index in [0.717, 1.165) is 34.9 Å². The molecule has 1 aliphatic rings. The predicted molar refractivity (Wildman–Crippen MR) is 119 cm³/mol. The molecule has 0 saturated heterocycles. The Labute approximate surface area is 178 Å². The zero-order valence-electron chi connectivity index (χ0n) is 16.9. The number of hydrogen-bond acceptors (Lipinski definition) is 4. The number of nitrogens with zero attached hydrogens (tertiary/aromatic N) is 4. The van der Waals surface area contributed by atoms with E-state index in [4.69, 9.17) is 0 Å². The van der Waals surface area contributed by atoms with Gasteiger partial charge in [0.15, 0.2) is 5.82 Å². The molecule has 5 rings (SSSR count). The molecule has 8 nitrogen and oxygen atoms in total. The van der Waals surface area contributed by atoms with Gasteiger partial charge in [0.1, 0.15) is 0 Å². The van der Waals surface area contributed by atoms with Crippen molar-refractivity contribution in [2.45, 2.75) is 25.4 Å². The van der Waals surface area contributed by atoms with Crippen molar-refractivity contribution in [3.63, 3.8) is 0 Å². The van der Waals surface area contributed by atoms with Crippen molar-refractivity contribution >= 4 is 22.5 Å². The summed E-state index contributed by atoms with van der Waals surface area (Å²) in [6, 6.07) is 17.2. The fraction of sp³-hybridized carbons (Fsp3) is 0.217. The third-order valence-corrected chi connectivity index (χ3v) is 5.35. The highest BCUT2D eigenvalue weighted by molar-refractivity contribution is 6.01. The van der Waals surface area contributed by atoms with E-state index in [0.29, 0.717) is 5.82 Å². The summed E-state index contributed by atoms with van der Waals surface area (Å²) in [4.78, 5) is 29.4. The number of urea groups is 1. The highest BCUT2D eigenvalue weighted by Crippen LogP contribution is 2.36. The van der Waals surface area contributed by atoms with Crippen LogP contribution in [0.25, 0.3) is 22.2 Å². The second kappa shape index (κ2) is 8.06. The first kappa shape index (κ1) is 19.0. The molecule has 0 bridgehead atoms. The number of amides is 2. The Morgan fingerprint density at radius 2 is 1.90 bits per heavy atom. The first-order chi connectivity index (χ1) is 15.2. The van der Waals surface area contributed by atoms with E-state index in [9.17, 15) is 9.59 Å². The molecule has 31 heavy (non-hydrogen) atoms. The normalized spacial score (nSPS) is 13.3. The maximum absolute atomic E-state index is 12.9. The summed E-state index contributed by atoms with van der Waals surface area (Å²) in [5, 5.41) is 12.2. The summed E-state index contributed by atoms with van der Waals surface area (Å²) in [5.74, 6) is 0.626. The summed E-state index contributed by atoms with van der Waals surface area (Å²) in [6.07, 6.45) is 5.36. The van der Waals surface area contributed by atoms with Crippen molar-refractivity contribution in [2.75, 3.05) is 11.9 Å². The number of fused-ring (bicyclic) bond motifs is 1. The second-order valence-electron chi connectivity index (χ2n) is 7.58. The molecule has 2 N–H and O–H groups in total. The molecule has 1 fully saturated rings. The minimum absolute atomic E-state index is 0.155. The van der Waals surface area contributed by atoms with Gasteiger partial charge in [0, 0.05) is 35.9 Å². The lowest BCUT2D eigenvalue weighted by molar-refractivity contribution is 0.251. The highest BCUT2D eigenvalue weighted by Gasteiger charge is 2.30. The predicted octanol–water partition coefficient (Wildman–Crippen LogP) is 3.42. The van der Waals surface area contributed by atoms with E-state index in [2.05, 4.69) is 20.7 Å². The molecule has 1 saturated carbocycles. The van der Waals surface area contributed by atoms with Gasteiger partial charge < -0.3 is 10.6 Å². The van der Waals surface area contributed by atoms with Crippen molar-refractivity contribution in [1.82, 2.24) is 24.6 Å². The van der Waals surface area contributed by atoms with Crippen LogP contribution < -0.4 is 16.3 Å². The number of anilines is 1. The molecule has 8 heteroatoms.